The molecule has 3 aromatic rings. The second kappa shape index (κ2) is 6.43. The molecule has 0 aliphatic carbocycles. The van der Waals surface area contributed by atoms with Crippen molar-refractivity contribution in [1.29, 1.82) is 0 Å². The first-order valence-corrected chi connectivity index (χ1v) is 9.09. The van der Waals surface area contributed by atoms with Gasteiger partial charge >= 0.3 is 6.09 Å². The second-order valence-corrected chi connectivity index (χ2v) is 7.92. The summed E-state index contributed by atoms with van der Waals surface area (Å²) in [6.07, 6.45) is 4.60. The van der Waals surface area contributed by atoms with Crippen molar-refractivity contribution in [3.8, 4) is 0 Å². The van der Waals surface area contributed by atoms with E-state index in [1.165, 1.54) is 0 Å². The summed E-state index contributed by atoms with van der Waals surface area (Å²) in [6.45, 7) is 10.8. The molecule has 3 aromatic heterocycles. The zero-order valence-electron chi connectivity index (χ0n) is 16.5. The summed E-state index contributed by atoms with van der Waals surface area (Å²) >= 11 is 0. The van der Waals surface area contributed by atoms with E-state index < -0.39 is 0 Å². The van der Waals surface area contributed by atoms with Gasteiger partial charge in [0.25, 0.3) is 0 Å². The fraction of sp³-hybridized carbons (Fsp3) is 0.421. The molecule has 28 heavy (non-hydrogen) atoms. The highest BCUT2D eigenvalue weighted by Gasteiger charge is 2.35. The van der Waals surface area contributed by atoms with Crippen LogP contribution in [0.25, 0.3) is 22.9 Å². The number of anilines is 1. The highest BCUT2D eigenvalue weighted by atomic mass is 16.6. The monoisotopic (exact) mass is 381 g/mol. The molecule has 146 valence electrons. The summed E-state index contributed by atoms with van der Waals surface area (Å²) in [6, 6.07) is 1.95. The molecule has 9 heteroatoms. The molecule has 1 saturated heterocycles. The van der Waals surface area contributed by atoms with E-state index in [-0.39, 0.29) is 17.7 Å². The molecular weight excluding hydrogens is 358 g/mol. The van der Waals surface area contributed by atoms with Crippen molar-refractivity contribution in [2.45, 2.75) is 32.4 Å². The van der Waals surface area contributed by atoms with E-state index >= 15 is 0 Å². The van der Waals surface area contributed by atoms with Gasteiger partial charge in [0.2, 0.25) is 5.65 Å². The van der Waals surface area contributed by atoms with Crippen LogP contribution in [0.1, 0.15) is 26.3 Å². The zero-order valence-corrected chi connectivity index (χ0v) is 16.5. The average Bonchev–Trinajstić information content (AvgIpc) is 3.12. The van der Waals surface area contributed by atoms with Gasteiger partial charge in [-0.3, -0.25) is 4.40 Å². The Bertz CT molecular complexity index is 1060. The van der Waals surface area contributed by atoms with Crippen LogP contribution in [0.3, 0.4) is 0 Å². The van der Waals surface area contributed by atoms with Crippen molar-refractivity contribution in [3.63, 3.8) is 0 Å². The summed E-state index contributed by atoms with van der Waals surface area (Å²) in [7, 11) is 1.74. The van der Waals surface area contributed by atoms with Gasteiger partial charge in [-0.1, -0.05) is 12.7 Å². The highest BCUT2D eigenvalue weighted by Crippen LogP contribution is 2.27. The van der Waals surface area contributed by atoms with Crippen molar-refractivity contribution >= 4 is 34.8 Å². The van der Waals surface area contributed by atoms with Crippen molar-refractivity contribution < 1.29 is 9.53 Å². The van der Waals surface area contributed by atoms with Crippen LogP contribution in [-0.2, 0) is 4.74 Å². The average molecular weight is 381 g/mol. The van der Waals surface area contributed by atoms with Crippen LogP contribution in [0.4, 0.5) is 10.6 Å². The first-order chi connectivity index (χ1) is 13.3. The topological polar surface area (TPSA) is 88.8 Å². The lowest BCUT2D eigenvalue weighted by Gasteiger charge is -2.41. The van der Waals surface area contributed by atoms with E-state index in [4.69, 9.17) is 4.74 Å². The van der Waals surface area contributed by atoms with Crippen molar-refractivity contribution in [3.05, 3.63) is 30.7 Å². The van der Waals surface area contributed by atoms with E-state index in [1.807, 2.05) is 36.1 Å². The fourth-order valence-corrected chi connectivity index (χ4v) is 2.94. The number of ether oxygens (including phenoxy) is 1. The Balaban J connectivity index is 1.55. The van der Waals surface area contributed by atoms with Crippen molar-refractivity contribution in [2.24, 2.45) is 0 Å². The molecule has 0 saturated carbocycles. The Labute approximate surface area is 162 Å². The molecule has 0 radical (unpaired) electrons. The maximum atomic E-state index is 12.3. The predicted molar refractivity (Wildman–Crippen MR) is 106 cm³/mol. The van der Waals surface area contributed by atoms with Gasteiger partial charge in [0.05, 0.1) is 18.6 Å². The Morgan fingerprint density at radius 2 is 2.14 bits per heavy atom. The second-order valence-electron chi connectivity index (χ2n) is 7.92. The molecule has 4 rings (SSSR count). The Morgan fingerprint density at radius 3 is 2.82 bits per heavy atom. The first-order valence-electron chi connectivity index (χ1n) is 9.09. The van der Waals surface area contributed by atoms with Gasteiger partial charge in [0.1, 0.15) is 12.4 Å². The summed E-state index contributed by atoms with van der Waals surface area (Å²) in [5, 5.41) is 8.24. The van der Waals surface area contributed by atoms with Crippen LogP contribution >= 0.6 is 0 Å². The minimum atomic E-state index is -0.324. The summed E-state index contributed by atoms with van der Waals surface area (Å²) in [5.41, 5.74) is 2.67. The molecule has 0 bridgehead atoms. The molecule has 9 nitrogen and oxygen atoms in total. The number of nitrogens with zero attached hydrogens (tertiary/aromatic N) is 7. The minimum absolute atomic E-state index is 0.186. The SMILES string of the molecule is C=Cc1cnc2nc(N3CC(OC(=O)N(C)C(C)(C)C)C3)c3nncn3c2c1. The van der Waals surface area contributed by atoms with Crippen LogP contribution in [0, 0.1) is 0 Å². The minimum Gasteiger partial charge on any atom is -0.442 e. The van der Waals surface area contributed by atoms with E-state index in [2.05, 4.69) is 26.7 Å². The van der Waals surface area contributed by atoms with Crippen molar-refractivity contribution in [2.75, 3.05) is 25.0 Å². The van der Waals surface area contributed by atoms with E-state index in [9.17, 15) is 4.79 Å². The van der Waals surface area contributed by atoms with Gasteiger partial charge < -0.3 is 14.5 Å². The maximum absolute atomic E-state index is 12.3. The van der Waals surface area contributed by atoms with Crippen molar-refractivity contribution in [1.82, 2.24) is 29.5 Å². The molecule has 0 aromatic carbocycles. The number of carbonyl (C=O) groups excluding carboxylic acids is 1. The molecule has 1 fully saturated rings. The highest BCUT2D eigenvalue weighted by molar-refractivity contribution is 5.82. The van der Waals surface area contributed by atoms with E-state index in [0.29, 0.717) is 30.2 Å². The van der Waals surface area contributed by atoms with Crippen LogP contribution in [0.2, 0.25) is 0 Å². The van der Waals surface area contributed by atoms with Crippen LogP contribution in [0.15, 0.2) is 25.2 Å². The summed E-state index contributed by atoms with van der Waals surface area (Å²) in [5.74, 6) is 0.681. The van der Waals surface area contributed by atoms with Gasteiger partial charge in [-0.05, 0) is 32.4 Å². The zero-order chi connectivity index (χ0) is 20.1. The molecule has 0 unspecified atom stereocenters. The number of hydrogen-bond acceptors (Lipinski definition) is 7. The molecule has 1 amide bonds. The Morgan fingerprint density at radius 1 is 1.39 bits per heavy atom. The first kappa shape index (κ1) is 18.1. The number of aromatic nitrogens is 5. The molecule has 0 spiro atoms. The number of pyridine rings is 1. The normalized spacial score (nSPS) is 14.9. The van der Waals surface area contributed by atoms with Crippen LogP contribution in [-0.4, -0.2) is 67.3 Å². The van der Waals surface area contributed by atoms with E-state index in [1.54, 1.807) is 30.5 Å². The fourth-order valence-electron chi connectivity index (χ4n) is 2.94. The standard InChI is InChI=1S/C19H23N7O2/c1-6-12-7-14-15(20-8-12)22-16(17-23-21-11-26(14)17)25-9-13(10-25)28-18(27)24(5)19(2,3)4/h6-8,11,13H,1,9-10H2,2-5H3. The lowest BCUT2D eigenvalue weighted by molar-refractivity contribution is 0.0365. The Kier molecular flexibility index (Phi) is 4.17. The van der Waals surface area contributed by atoms with Crippen LogP contribution in [0.5, 0.6) is 0 Å². The lowest BCUT2D eigenvalue weighted by Crippen LogP contribution is -2.55. The third-order valence-electron chi connectivity index (χ3n) is 5.02. The van der Waals surface area contributed by atoms with Gasteiger partial charge in [-0.15, -0.1) is 10.2 Å². The summed E-state index contributed by atoms with van der Waals surface area (Å²) < 4.78 is 7.45. The van der Waals surface area contributed by atoms with Gasteiger partial charge in [-0.2, -0.15) is 0 Å². The largest absolute Gasteiger partial charge is 0.442 e. The number of hydrogen-bond donors (Lipinski definition) is 0. The molecule has 0 atom stereocenters. The smallest absolute Gasteiger partial charge is 0.410 e. The third kappa shape index (κ3) is 3.02. The van der Waals surface area contributed by atoms with Gasteiger partial charge in [-0.25, -0.2) is 14.8 Å². The molecule has 1 aliphatic heterocycles. The number of amides is 1. The Hall–Kier alpha value is -3.23. The van der Waals surface area contributed by atoms with Gasteiger partial charge in [0, 0.05) is 18.8 Å². The molecule has 0 N–H and O–H groups in total. The lowest BCUT2D eigenvalue weighted by atomic mass is 10.1. The molecule has 1 aliphatic rings. The van der Waals surface area contributed by atoms with E-state index in [0.717, 1.165) is 11.1 Å². The third-order valence-corrected chi connectivity index (χ3v) is 5.02. The van der Waals surface area contributed by atoms with Crippen LogP contribution < -0.4 is 4.90 Å². The molecular formula is C19H23N7O2. The predicted octanol–water partition coefficient (Wildman–Crippen LogP) is 2.37. The summed E-state index contributed by atoms with van der Waals surface area (Å²) in [4.78, 5) is 25.0. The number of carbonyl (C=O) groups is 1. The maximum Gasteiger partial charge on any atom is 0.410 e. The quantitative estimate of drug-likeness (QED) is 0.688. The van der Waals surface area contributed by atoms with Gasteiger partial charge in [0.15, 0.2) is 11.5 Å². The molecule has 4 heterocycles. The number of rotatable bonds is 3. The number of fused-ring (bicyclic) bond motifs is 3.